The van der Waals surface area contributed by atoms with E-state index >= 15 is 0 Å². The van der Waals surface area contributed by atoms with Crippen molar-refractivity contribution in [3.8, 4) is 0 Å². The number of aromatic nitrogens is 3. The highest BCUT2D eigenvalue weighted by atomic mass is 16.3. The molecule has 0 bridgehead atoms. The van der Waals surface area contributed by atoms with Gasteiger partial charge in [-0.05, 0) is 12.8 Å². The molecule has 4 heteroatoms. The number of rotatable bonds is 2. The summed E-state index contributed by atoms with van der Waals surface area (Å²) in [6.45, 7) is 0.590. The number of hydrogen-bond acceptors (Lipinski definition) is 3. The minimum absolute atomic E-state index is 0.536. The van der Waals surface area contributed by atoms with Gasteiger partial charge in [-0.25, -0.2) is 4.98 Å². The average Bonchev–Trinajstić information content (AvgIpc) is 2.57. The summed E-state index contributed by atoms with van der Waals surface area (Å²) >= 11 is 0. The van der Waals surface area contributed by atoms with Crippen LogP contribution in [-0.2, 0) is 6.54 Å². The molecule has 1 aliphatic rings. The Bertz CT molecular complexity index is 252. The van der Waals surface area contributed by atoms with E-state index in [-0.39, 0.29) is 0 Å². The Morgan fingerprint density at radius 2 is 2.08 bits per heavy atom. The lowest BCUT2D eigenvalue weighted by atomic mass is 9.85. The van der Waals surface area contributed by atoms with E-state index in [4.69, 9.17) is 0 Å². The first kappa shape index (κ1) is 8.69. The summed E-state index contributed by atoms with van der Waals surface area (Å²) in [6.07, 6.45) is 8.47. The average molecular weight is 181 g/mol. The molecule has 1 N–H and O–H groups in total. The van der Waals surface area contributed by atoms with Crippen molar-refractivity contribution < 1.29 is 5.11 Å². The molecule has 0 saturated heterocycles. The Hall–Kier alpha value is -0.900. The molecule has 4 nitrogen and oxygen atoms in total. The van der Waals surface area contributed by atoms with Crippen LogP contribution in [0.1, 0.15) is 32.1 Å². The van der Waals surface area contributed by atoms with Crippen LogP contribution < -0.4 is 0 Å². The van der Waals surface area contributed by atoms with Gasteiger partial charge < -0.3 is 5.11 Å². The summed E-state index contributed by atoms with van der Waals surface area (Å²) in [7, 11) is 0. The van der Waals surface area contributed by atoms with Gasteiger partial charge in [0.25, 0.3) is 0 Å². The van der Waals surface area contributed by atoms with Gasteiger partial charge in [0, 0.05) is 0 Å². The van der Waals surface area contributed by atoms with Crippen molar-refractivity contribution in [2.75, 3.05) is 0 Å². The van der Waals surface area contributed by atoms with E-state index in [1.54, 1.807) is 11.0 Å². The van der Waals surface area contributed by atoms with Crippen LogP contribution in [0, 0.1) is 0 Å². The van der Waals surface area contributed by atoms with E-state index in [9.17, 15) is 5.11 Å². The highest BCUT2D eigenvalue weighted by Crippen LogP contribution is 2.28. The van der Waals surface area contributed by atoms with Gasteiger partial charge in [-0.3, -0.25) is 4.68 Å². The molecule has 13 heavy (non-hydrogen) atoms. The van der Waals surface area contributed by atoms with Gasteiger partial charge in [-0.1, -0.05) is 19.3 Å². The number of aliphatic hydroxyl groups is 1. The van der Waals surface area contributed by atoms with Crippen molar-refractivity contribution >= 4 is 0 Å². The van der Waals surface area contributed by atoms with Crippen LogP contribution >= 0.6 is 0 Å². The summed E-state index contributed by atoms with van der Waals surface area (Å²) < 4.78 is 1.71. The lowest BCUT2D eigenvalue weighted by molar-refractivity contribution is -0.0143. The van der Waals surface area contributed by atoms with Crippen LogP contribution in [0.3, 0.4) is 0 Å². The summed E-state index contributed by atoms with van der Waals surface area (Å²) in [5.74, 6) is 0. The lowest BCUT2D eigenvalue weighted by Crippen LogP contribution is -2.36. The molecule has 72 valence electrons. The minimum atomic E-state index is -0.536. The van der Waals surface area contributed by atoms with E-state index < -0.39 is 5.60 Å². The molecule has 0 atom stereocenters. The van der Waals surface area contributed by atoms with Crippen LogP contribution in [0.4, 0.5) is 0 Å². The third-order valence-corrected chi connectivity index (χ3v) is 2.71. The van der Waals surface area contributed by atoms with Crippen molar-refractivity contribution in [1.82, 2.24) is 14.8 Å². The van der Waals surface area contributed by atoms with E-state index in [1.165, 1.54) is 12.7 Å². The zero-order chi connectivity index (χ0) is 9.15. The molecule has 1 aliphatic carbocycles. The summed E-state index contributed by atoms with van der Waals surface area (Å²) in [4.78, 5) is 3.86. The second kappa shape index (κ2) is 3.46. The highest BCUT2D eigenvalue weighted by molar-refractivity contribution is 4.82. The third kappa shape index (κ3) is 2.06. The molecule has 0 unspecified atom stereocenters. The third-order valence-electron chi connectivity index (χ3n) is 2.71. The fourth-order valence-corrected chi connectivity index (χ4v) is 1.98. The second-order valence-corrected chi connectivity index (χ2v) is 3.88. The van der Waals surface area contributed by atoms with Crippen LogP contribution in [-0.4, -0.2) is 25.5 Å². The predicted molar refractivity (Wildman–Crippen MR) is 48.1 cm³/mol. The van der Waals surface area contributed by atoms with Crippen molar-refractivity contribution in [1.29, 1.82) is 0 Å². The molecule has 1 aromatic rings. The maximum absolute atomic E-state index is 10.2. The van der Waals surface area contributed by atoms with Gasteiger partial charge in [0.2, 0.25) is 0 Å². The van der Waals surface area contributed by atoms with Crippen LogP contribution in [0.5, 0.6) is 0 Å². The van der Waals surface area contributed by atoms with E-state index in [2.05, 4.69) is 10.1 Å². The lowest BCUT2D eigenvalue weighted by Gasteiger charge is -2.31. The second-order valence-electron chi connectivity index (χ2n) is 3.88. The Morgan fingerprint density at radius 3 is 2.69 bits per heavy atom. The zero-order valence-electron chi connectivity index (χ0n) is 7.69. The quantitative estimate of drug-likeness (QED) is 0.739. The smallest absolute Gasteiger partial charge is 0.137 e. The Labute approximate surface area is 77.6 Å². The first-order valence-corrected chi connectivity index (χ1v) is 4.83. The van der Waals surface area contributed by atoms with E-state index in [1.807, 2.05) is 0 Å². The Morgan fingerprint density at radius 1 is 1.31 bits per heavy atom. The first-order chi connectivity index (χ1) is 6.29. The molecular weight excluding hydrogens is 166 g/mol. The molecule has 0 amide bonds. The minimum Gasteiger partial charge on any atom is -0.388 e. The number of nitrogens with zero attached hydrogens (tertiary/aromatic N) is 3. The standard InChI is InChI=1S/C9H15N3O/c13-9(4-2-1-3-5-9)6-12-8-10-7-11-12/h7-8,13H,1-6H2. The summed E-state index contributed by atoms with van der Waals surface area (Å²) in [5, 5.41) is 14.2. The monoisotopic (exact) mass is 181 g/mol. The molecule has 1 fully saturated rings. The first-order valence-electron chi connectivity index (χ1n) is 4.83. The normalized spacial score (nSPS) is 21.6. The van der Waals surface area contributed by atoms with Gasteiger partial charge >= 0.3 is 0 Å². The maximum atomic E-state index is 10.2. The summed E-state index contributed by atoms with van der Waals surface area (Å²) in [6, 6.07) is 0. The number of hydrogen-bond donors (Lipinski definition) is 1. The molecule has 1 aromatic heterocycles. The Kier molecular flexibility index (Phi) is 2.31. The molecule has 0 aromatic carbocycles. The van der Waals surface area contributed by atoms with Gasteiger partial charge in [-0.2, -0.15) is 5.10 Å². The van der Waals surface area contributed by atoms with Gasteiger partial charge in [0.15, 0.2) is 0 Å². The fourth-order valence-electron chi connectivity index (χ4n) is 1.98. The van der Waals surface area contributed by atoms with Crippen LogP contribution in [0.25, 0.3) is 0 Å². The van der Waals surface area contributed by atoms with Gasteiger partial charge in [-0.15, -0.1) is 0 Å². The molecule has 1 heterocycles. The topological polar surface area (TPSA) is 50.9 Å². The zero-order valence-corrected chi connectivity index (χ0v) is 7.69. The Balaban J connectivity index is 1.99. The van der Waals surface area contributed by atoms with Crippen molar-refractivity contribution in [2.45, 2.75) is 44.2 Å². The maximum Gasteiger partial charge on any atom is 0.137 e. The van der Waals surface area contributed by atoms with Crippen LogP contribution in [0.2, 0.25) is 0 Å². The predicted octanol–water partition coefficient (Wildman–Crippen LogP) is 0.973. The molecule has 0 spiro atoms. The SMILES string of the molecule is OC1(Cn2cncn2)CCCCC1. The largest absolute Gasteiger partial charge is 0.388 e. The van der Waals surface area contributed by atoms with E-state index in [0.29, 0.717) is 6.54 Å². The molecule has 0 aliphatic heterocycles. The van der Waals surface area contributed by atoms with Gasteiger partial charge in [0.1, 0.15) is 12.7 Å². The summed E-state index contributed by atoms with van der Waals surface area (Å²) in [5.41, 5.74) is -0.536. The van der Waals surface area contributed by atoms with Gasteiger partial charge in [0.05, 0.1) is 12.1 Å². The van der Waals surface area contributed by atoms with E-state index in [0.717, 1.165) is 25.7 Å². The molecule has 1 saturated carbocycles. The fraction of sp³-hybridized carbons (Fsp3) is 0.778. The van der Waals surface area contributed by atoms with Crippen LogP contribution in [0.15, 0.2) is 12.7 Å². The molecule has 0 radical (unpaired) electrons. The van der Waals surface area contributed by atoms with Crippen molar-refractivity contribution in [3.63, 3.8) is 0 Å². The molecular formula is C9H15N3O. The molecule has 2 rings (SSSR count). The van der Waals surface area contributed by atoms with Crippen molar-refractivity contribution in [3.05, 3.63) is 12.7 Å². The van der Waals surface area contributed by atoms with Crippen molar-refractivity contribution in [2.24, 2.45) is 0 Å². The highest BCUT2D eigenvalue weighted by Gasteiger charge is 2.29.